The van der Waals surface area contributed by atoms with Crippen molar-refractivity contribution in [3.8, 4) is 12.1 Å². The Balaban J connectivity index is -0.000000240. The number of halogens is 1. The van der Waals surface area contributed by atoms with E-state index in [0.29, 0.717) is 29.1 Å². The van der Waals surface area contributed by atoms with Crippen LogP contribution in [0.3, 0.4) is 0 Å². The van der Waals surface area contributed by atoms with Gasteiger partial charge in [0.15, 0.2) is 0 Å². The van der Waals surface area contributed by atoms with Crippen LogP contribution >= 0.6 is 11.6 Å². The van der Waals surface area contributed by atoms with Crippen molar-refractivity contribution in [1.29, 1.82) is 10.5 Å². The lowest BCUT2D eigenvalue weighted by molar-refractivity contribution is 0.217. The number of aryl methyl sites for hydroxylation is 2. The van der Waals surface area contributed by atoms with Crippen LogP contribution in [0.15, 0.2) is 72.8 Å². The molecule has 2 nitrogen and oxygen atoms in total. The maximum absolute atomic E-state index is 8.88. The van der Waals surface area contributed by atoms with Crippen molar-refractivity contribution in [1.82, 2.24) is 0 Å². The summed E-state index contributed by atoms with van der Waals surface area (Å²) in [6.45, 7) is 65.6. The molecule has 0 amide bonds. The first-order valence-corrected chi connectivity index (χ1v) is 28.9. The molecule has 3 aromatic carbocycles. The topological polar surface area (TPSA) is 47.6 Å². The average Bonchev–Trinajstić information content (AvgIpc) is 3.28. The van der Waals surface area contributed by atoms with Gasteiger partial charge in [-0.3, -0.25) is 0 Å². The molecule has 3 rings (SSSR count). The summed E-state index contributed by atoms with van der Waals surface area (Å²) < 4.78 is 0. The van der Waals surface area contributed by atoms with Gasteiger partial charge in [0.1, 0.15) is 0 Å². The normalized spacial score (nSPS) is 11.6. The van der Waals surface area contributed by atoms with Crippen LogP contribution < -0.4 is 0 Å². The van der Waals surface area contributed by atoms with Crippen LogP contribution in [-0.2, 0) is 19.3 Å². The minimum Gasteiger partial charge on any atom is -0.198 e. The first-order valence-electron chi connectivity index (χ1n) is 28.5. The van der Waals surface area contributed by atoms with Gasteiger partial charge in [-0.25, -0.2) is 0 Å². The molecule has 0 saturated heterocycles. The lowest BCUT2D eigenvalue weighted by atomic mass is 9.72. The highest BCUT2D eigenvalue weighted by Crippen LogP contribution is 2.34. The summed E-state index contributed by atoms with van der Waals surface area (Å²) in [6, 6.07) is 30.2. The molecule has 0 saturated carbocycles. The molecule has 0 spiro atoms. The average molecular weight is 1020 g/mol. The molecule has 0 heterocycles. The minimum absolute atomic E-state index is 0.153. The first kappa shape index (κ1) is 77.8. The lowest BCUT2D eigenvalue weighted by Gasteiger charge is -2.29. The van der Waals surface area contributed by atoms with Gasteiger partial charge in [0.2, 0.25) is 0 Å². The molecule has 0 aliphatic heterocycles. The van der Waals surface area contributed by atoms with E-state index in [4.69, 9.17) is 22.1 Å². The zero-order valence-corrected chi connectivity index (χ0v) is 54.3. The summed E-state index contributed by atoms with van der Waals surface area (Å²) in [4.78, 5) is 0. The van der Waals surface area contributed by atoms with Crippen molar-refractivity contribution < 1.29 is 0 Å². The highest BCUT2D eigenvalue weighted by Gasteiger charge is 2.31. The van der Waals surface area contributed by atoms with Gasteiger partial charge in [-0.05, 0) is 147 Å². The Bertz CT molecular complexity index is 1770. The predicted molar refractivity (Wildman–Crippen MR) is 330 cm³/mol. The number of nitrogens with zero attached hydrogens (tertiary/aromatic N) is 2. The molecule has 0 fully saturated rings. The van der Waals surface area contributed by atoms with Crippen LogP contribution in [0.4, 0.5) is 0 Å². The molecule has 3 heteroatoms. The van der Waals surface area contributed by atoms with Gasteiger partial charge in [-0.2, -0.15) is 10.5 Å². The van der Waals surface area contributed by atoms with Gasteiger partial charge >= 0.3 is 0 Å². The summed E-state index contributed by atoms with van der Waals surface area (Å²) in [5.74, 6) is 7.82. The van der Waals surface area contributed by atoms with E-state index in [2.05, 4.69) is 254 Å². The Hall–Kier alpha value is -3.07. The smallest absolute Gasteiger partial charge is 0.0692 e. The van der Waals surface area contributed by atoms with Crippen LogP contribution in [0.25, 0.3) is 0 Å². The summed E-state index contributed by atoms with van der Waals surface area (Å²) in [5.41, 5.74) is 7.11. The molecule has 416 valence electrons. The number of nitriles is 2. The third-order valence-corrected chi connectivity index (χ3v) is 15.4. The van der Waals surface area contributed by atoms with Crippen LogP contribution in [0.5, 0.6) is 0 Å². The number of hydrogen-bond donors (Lipinski definition) is 0. The van der Waals surface area contributed by atoms with Gasteiger partial charge in [-0.1, -0.05) is 275 Å². The van der Waals surface area contributed by atoms with Crippen LogP contribution in [0.1, 0.15) is 235 Å². The van der Waals surface area contributed by atoms with Gasteiger partial charge in [0.05, 0.1) is 23.0 Å². The first-order chi connectivity index (χ1) is 32.8. The Morgan fingerprint density at radius 1 is 0.458 bits per heavy atom. The zero-order chi connectivity index (χ0) is 57.7. The predicted octanol–water partition coefficient (Wildman–Crippen LogP) is 23.0. The van der Waals surface area contributed by atoms with Crippen LogP contribution in [0, 0.1) is 118 Å². The van der Waals surface area contributed by atoms with E-state index in [1.807, 2.05) is 39.0 Å². The maximum atomic E-state index is 8.88. The van der Waals surface area contributed by atoms with E-state index in [1.165, 1.54) is 53.5 Å². The fourth-order valence-corrected chi connectivity index (χ4v) is 5.76. The van der Waals surface area contributed by atoms with Gasteiger partial charge in [0.25, 0.3) is 0 Å². The van der Waals surface area contributed by atoms with Gasteiger partial charge in [0, 0.05) is 5.02 Å². The summed E-state index contributed by atoms with van der Waals surface area (Å²) in [6.07, 6.45) is 6.06. The molecule has 0 aliphatic carbocycles. The summed E-state index contributed by atoms with van der Waals surface area (Å²) in [7, 11) is 0. The molecule has 0 aliphatic rings. The fourth-order valence-electron chi connectivity index (χ4n) is 5.54. The quantitative estimate of drug-likeness (QED) is 0.162. The molecule has 72 heavy (non-hydrogen) atoms. The molecule has 1 unspecified atom stereocenters. The van der Waals surface area contributed by atoms with Crippen molar-refractivity contribution in [3.05, 3.63) is 106 Å². The minimum atomic E-state index is -0.153. The highest BCUT2D eigenvalue weighted by atomic mass is 35.5. The molecule has 0 radical (unpaired) electrons. The van der Waals surface area contributed by atoms with Gasteiger partial charge in [-0.15, -0.1) is 0 Å². The molecule has 0 N–H and O–H groups in total. The molecule has 1 atom stereocenters. The summed E-state index contributed by atoms with van der Waals surface area (Å²) in [5, 5.41) is 18.3. The van der Waals surface area contributed by atoms with Crippen molar-refractivity contribution in [2.24, 2.45) is 81.3 Å². The van der Waals surface area contributed by atoms with E-state index < -0.39 is 0 Å². The van der Waals surface area contributed by atoms with Crippen molar-refractivity contribution in [3.63, 3.8) is 0 Å². The Morgan fingerprint density at radius 3 is 1.12 bits per heavy atom. The second-order valence-electron chi connectivity index (χ2n) is 25.7. The van der Waals surface area contributed by atoms with E-state index >= 15 is 0 Å². The number of benzene rings is 3. The third kappa shape index (κ3) is 42.3. The van der Waals surface area contributed by atoms with Crippen LogP contribution in [-0.4, -0.2) is 0 Å². The molecule has 0 bridgehead atoms. The van der Waals surface area contributed by atoms with Crippen molar-refractivity contribution >= 4 is 11.6 Å². The van der Waals surface area contributed by atoms with E-state index in [-0.39, 0.29) is 10.8 Å². The highest BCUT2D eigenvalue weighted by molar-refractivity contribution is 6.31. The van der Waals surface area contributed by atoms with Crippen molar-refractivity contribution in [2.75, 3.05) is 0 Å². The Kier molecular flexibility index (Phi) is 45.6. The van der Waals surface area contributed by atoms with Gasteiger partial charge < -0.3 is 0 Å². The molecule has 3 aromatic rings. The van der Waals surface area contributed by atoms with E-state index in [0.717, 1.165) is 52.9 Å². The number of rotatable bonds is 14. The second kappa shape index (κ2) is 42.2. The zero-order valence-electron chi connectivity index (χ0n) is 53.6. The van der Waals surface area contributed by atoms with Crippen LogP contribution in [0.2, 0.25) is 5.02 Å². The Labute approximate surface area is 458 Å². The lowest BCUT2D eigenvalue weighted by Crippen LogP contribution is -2.27. The maximum Gasteiger partial charge on any atom is 0.0692 e. The standard InChI is InChI=1S/2C11H16.C10H13Cl.C9H17N.C8H18.C7H13N.C7H16.C6H14/c1-9(2)8-11-6-4-10(3)5-7-11;1-9(2)7-11-6-4-5-10(3)8-11;1-8(2)7-9-5-3-4-6-10(9)11;1-7(2)9(5,6-10)8(3)4;1-6-8(4,5)7(2)3;1-6(2)7(3,4)5-8;1-5-7(4)6(2)3;1-5(2)6(3)4/h4-7,9H,8H2,1-3H3;4-6,8-9H,7H2,1-3H3;3-6,8H,7H2,1-2H3;7-8H,1-5H3;7H,6H2,1-5H3;6H,1-4H3;6-7H,5H2,1-4H3;5-6H,1-4H3. The van der Waals surface area contributed by atoms with E-state index in [9.17, 15) is 0 Å². The third-order valence-electron chi connectivity index (χ3n) is 15.0. The molecular weight excluding hydrogens is 892 g/mol. The number of hydrogen-bond acceptors (Lipinski definition) is 2. The Morgan fingerprint density at radius 2 is 0.889 bits per heavy atom. The SMILES string of the molecule is CC(C)C(C)(C#N)C(C)C.CC(C)C(C)(C)C#N.CC(C)C(C)C.CC(C)Cc1ccccc1Cl.CCC(C)(C)C(C)C.CCC(C)C(C)C.Cc1ccc(CC(C)C)cc1.Cc1cccc(CC(C)C)c1. The molecule has 0 aromatic heterocycles. The monoisotopic (exact) mass is 1010 g/mol. The summed E-state index contributed by atoms with van der Waals surface area (Å²) >= 11 is 5.97. The fraction of sp³-hybridized carbons (Fsp3) is 0.710. The largest absolute Gasteiger partial charge is 0.198 e. The van der Waals surface area contributed by atoms with E-state index in [1.54, 1.807) is 0 Å². The molecular formula is C69H123ClN2. The second-order valence-corrected chi connectivity index (χ2v) is 26.1. The van der Waals surface area contributed by atoms with Crippen molar-refractivity contribution in [2.45, 2.75) is 240 Å².